The summed E-state index contributed by atoms with van der Waals surface area (Å²) in [5, 5.41) is 22.2. The Kier molecular flexibility index (Phi) is 4.44. The summed E-state index contributed by atoms with van der Waals surface area (Å²) in [6, 6.07) is 9.94. The van der Waals surface area contributed by atoms with Crippen LogP contribution in [0.1, 0.15) is 20.8 Å². The number of amides is 1. The van der Waals surface area contributed by atoms with Crippen molar-refractivity contribution < 1.29 is 14.8 Å². The number of aliphatic hydroxyl groups is 1. The number of thiophene rings is 1. The van der Waals surface area contributed by atoms with Crippen molar-refractivity contribution in [2.24, 2.45) is 0 Å². The number of nitro groups is 1. The van der Waals surface area contributed by atoms with Gasteiger partial charge in [0, 0.05) is 12.6 Å². The molecule has 0 unspecified atom stereocenters. The highest BCUT2D eigenvalue weighted by molar-refractivity contribution is 7.17. The van der Waals surface area contributed by atoms with Gasteiger partial charge >= 0.3 is 5.00 Å². The molecule has 2 N–H and O–H groups in total. The SMILES string of the molecule is O=C(NCc1cccc(CO)c1)c1ccc([N+](=O)[O-])s1. The maximum Gasteiger partial charge on any atom is 0.324 e. The van der Waals surface area contributed by atoms with E-state index in [4.69, 9.17) is 5.11 Å². The number of benzene rings is 1. The van der Waals surface area contributed by atoms with Crippen LogP contribution >= 0.6 is 11.3 Å². The largest absolute Gasteiger partial charge is 0.392 e. The zero-order valence-electron chi connectivity index (χ0n) is 10.4. The van der Waals surface area contributed by atoms with E-state index in [1.54, 1.807) is 18.2 Å². The third-order valence-electron chi connectivity index (χ3n) is 2.62. The maximum atomic E-state index is 11.8. The second kappa shape index (κ2) is 6.27. The van der Waals surface area contributed by atoms with Crippen molar-refractivity contribution in [3.8, 4) is 0 Å². The molecule has 104 valence electrons. The Morgan fingerprint density at radius 3 is 2.70 bits per heavy atom. The second-order valence-corrected chi connectivity index (χ2v) is 5.12. The third-order valence-corrected chi connectivity index (χ3v) is 3.66. The quantitative estimate of drug-likeness (QED) is 0.652. The minimum atomic E-state index is -0.522. The summed E-state index contributed by atoms with van der Waals surface area (Å²) < 4.78 is 0. The van der Waals surface area contributed by atoms with Gasteiger partial charge in [0.2, 0.25) is 0 Å². The standard InChI is InChI=1S/C13H12N2O4S/c16-8-10-3-1-2-9(6-10)7-14-13(17)11-4-5-12(20-11)15(18)19/h1-6,16H,7-8H2,(H,14,17). The molecule has 0 spiro atoms. The van der Waals surface area contributed by atoms with E-state index in [0.29, 0.717) is 11.4 Å². The topological polar surface area (TPSA) is 92.5 Å². The predicted octanol–water partition coefficient (Wildman–Crippen LogP) is 2.08. The van der Waals surface area contributed by atoms with Gasteiger partial charge in [0.15, 0.2) is 0 Å². The first-order valence-corrected chi connectivity index (χ1v) is 6.63. The normalized spacial score (nSPS) is 10.2. The van der Waals surface area contributed by atoms with Crippen molar-refractivity contribution in [2.45, 2.75) is 13.2 Å². The average Bonchev–Trinajstić information content (AvgIpc) is 2.95. The van der Waals surface area contributed by atoms with Gasteiger partial charge in [-0.15, -0.1) is 0 Å². The maximum absolute atomic E-state index is 11.8. The number of hydrogen-bond acceptors (Lipinski definition) is 5. The highest BCUT2D eigenvalue weighted by atomic mass is 32.1. The van der Waals surface area contributed by atoms with Crippen molar-refractivity contribution in [3.05, 3.63) is 62.5 Å². The van der Waals surface area contributed by atoms with E-state index in [-0.39, 0.29) is 17.5 Å². The molecule has 0 fully saturated rings. The lowest BCUT2D eigenvalue weighted by Crippen LogP contribution is -2.21. The fourth-order valence-electron chi connectivity index (χ4n) is 1.66. The molecule has 0 saturated carbocycles. The Hall–Kier alpha value is -2.25. The van der Waals surface area contributed by atoms with Gasteiger partial charge in [-0.2, -0.15) is 0 Å². The number of rotatable bonds is 5. The smallest absolute Gasteiger partial charge is 0.324 e. The lowest BCUT2D eigenvalue weighted by atomic mass is 10.1. The second-order valence-electron chi connectivity index (χ2n) is 4.06. The third kappa shape index (κ3) is 3.40. The van der Waals surface area contributed by atoms with Gasteiger partial charge in [0.25, 0.3) is 5.91 Å². The fraction of sp³-hybridized carbons (Fsp3) is 0.154. The zero-order chi connectivity index (χ0) is 14.5. The molecule has 2 rings (SSSR count). The summed E-state index contributed by atoms with van der Waals surface area (Å²) in [7, 11) is 0. The van der Waals surface area contributed by atoms with Gasteiger partial charge in [-0.25, -0.2) is 0 Å². The number of aliphatic hydroxyl groups excluding tert-OH is 1. The Balaban J connectivity index is 1.98. The molecule has 0 aliphatic carbocycles. The lowest BCUT2D eigenvalue weighted by molar-refractivity contribution is -0.380. The Morgan fingerprint density at radius 2 is 2.05 bits per heavy atom. The van der Waals surface area contributed by atoms with Crippen LogP contribution in [-0.4, -0.2) is 15.9 Å². The van der Waals surface area contributed by atoms with Gasteiger partial charge in [-0.05, 0) is 17.2 Å². The Bertz CT molecular complexity index is 639. The molecule has 1 aromatic carbocycles. The van der Waals surface area contributed by atoms with Crippen LogP contribution in [0.2, 0.25) is 0 Å². The van der Waals surface area contributed by atoms with Crippen molar-refractivity contribution >= 4 is 22.2 Å². The molecule has 2 aromatic rings. The summed E-state index contributed by atoms with van der Waals surface area (Å²) in [4.78, 5) is 22.2. The van der Waals surface area contributed by atoms with Crippen molar-refractivity contribution in [1.29, 1.82) is 0 Å². The van der Waals surface area contributed by atoms with Crippen molar-refractivity contribution in [1.82, 2.24) is 5.32 Å². The Morgan fingerprint density at radius 1 is 1.30 bits per heavy atom. The van der Waals surface area contributed by atoms with Crippen LogP contribution in [0.3, 0.4) is 0 Å². The van der Waals surface area contributed by atoms with Crippen LogP contribution in [0.15, 0.2) is 36.4 Å². The van der Waals surface area contributed by atoms with Gasteiger partial charge in [0.05, 0.1) is 16.4 Å². The molecule has 0 bridgehead atoms. The minimum Gasteiger partial charge on any atom is -0.392 e. The number of nitrogens with zero attached hydrogens (tertiary/aromatic N) is 1. The molecule has 0 aliphatic rings. The molecule has 0 aliphatic heterocycles. The molecule has 1 aromatic heterocycles. The van der Waals surface area contributed by atoms with Crippen LogP contribution in [0.25, 0.3) is 0 Å². The zero-order valence-corrected chi connectivity index (χ0v) is 11.2. The number of carbonyl (C=O) groups is 1. The number of nitrogens with one attached hydrogen (secondary N) is 1. The summed E-state index contributed by atoms with van der Waals surface area (Å²) in [5.74, 6) is -0.350. The molecule has 0 saturated heterocycles. The number of hydrogen-bond donors (Lipinski definition) is 2. The summed E-state index contributed by atoms with van der Waals surface area (Å²) in [6.07, 6.45) is 0. The molecule has 20 heavy (non-hydrogen) atoms. The molecule has 0 atom stereocenters. The Labute approximate surface area is 118 Å². The fourth-order valence-corrected chi connectivity index (χ4v) is 2.39. The van der Waals surface area contributed by atoms with Gasteiger partial charge < -0.3 is 10.4 Å². The van der Waals surface area contributed by atoms with E-state index >= 15 is 0 Å². The van der Waals surface area contributed by atoms with E-state index < -0.39 is 4.92 Å². The molecular formula is C13H12N2O4S. The lowest BCUT2D eigenvalue weighted by Gasteiger charge is -2.05. The molecule has 1 heterocycles. The van der Waals surface area contributed by atoms with E-state index in [9.17, 15) is 14.9 Å². The van der Waals surface area contributed by atoms with Crippen LogP contribution < -0.4 is 5.32 Å². The minimum absolute atomic E-state index is 0.0566. The van der Waals surface area contributed by atoms with E-state index in [1.807, 2.05) is 6.07 Å². The summed E-state index contributed by atoms with van der Waals surface area (Å²) >= 11 is 0.841. The number of carbonyl (C=O) groups excluding carboxylic acids is 1. The van der Waals surface area contributed by atoms with E-state index in [0.717, 1.165) is 22.5 Å². The molecule has 6 nitrogen and oxygen atoms in total. The van der Waals surface area contributed by atoms with Crippen LogP contribution in [-0.2, 0) is 13.2 Å². The summed E-state index contributed by atoms with van der Waals surface area (Å²) in [6.45, 7) is 0.247. The predicted molar refractivity (Wildman–Crippen MR) is 74.5 cm³/mol. The van der Waals surface area contributed by atoms with Crippen molar-refractivity contribution in [2.75, 3.05) is 0 Å². The first kappa shape index (κ1) is 14.2. The van der Waals surface area contributed by atoms with Crippen LogP contribution in [0.5, 0.6) is 0 Å². The van der Waals surface area contributed by atoms with Crippen molar-refractivity contribution in [3.63, 3.8) is 0 Å². The van der Waals surface area contributed by atoms with Crippen LogP contribution in [0, 0.1) is 10.1 Å². The average molecular weight is 292 g/mol. The van der Waals surface area contributed by atoms with E-state index in [1.165, 1.54) is 12.1 Å². The van der Waals surface area contributed by atoms with E-state index in [2.05, 4.69) is 5.32 Å². The first-order valence-electron chi connectivity index (χ1n) is 5.81. The molecule has 1 amide bonds. The van der Waals surface area contributed by atoms with Gasteiger partial charge in [-0.1, -0.05) is 35.6 Å². The van der Waals surface area contributed by atoms with Gasteiger partial charge in [-0.3, -0.25) is 14.9 Å². The molecule has 7 heteroatoms. The van der Waals surface area contributed by atoms with Gasteiger partial charge in [0.1, 0.15) is 0 Å². The summed E-state index contributed by atoms with van der Waals surface area (Å²) in [5.41, 5.74) is 1.62. The van der Waals surface area contributed by atoms with Crippen LogP contribution in [0.4, 0.5) is 5.00 Å². The first-order chi connectivity index (χ1) is 9.60. The molecular weight excluding hydrogens is 280 g/mol. The molecule has 0 radical (unpaired) electrons. The highest BCUT2D eigenvalue weighted by Crippen LogP contribution is 2.23. The monoisotopic (exact) mass is 292 g/mol. The highest BCUT2D eigenvalue weighted by Gasteiger charge is 2.14.